The molecule has 0 spiro atoms. The highest BCUT2D eigenvalue weighted by Crippen LogP contribution is 2.33. The first-order chi connectivity index (χ1) is 17.6. The minimum absolute atomic E-state index is 0.414. The maximum Gasteiger partial charge on any atom is 0.218 e. The Morgan fingerprint density at radius 3 is 2.24 bits per heavy atom. The number of rotatable bonds is 8. The number of hydrogen-bond acceptors (Lipinski definition) is 11. The van der Waals surface area contributed by atoms with Crippen LogP contribution in [0.3, 0.4) is 0 Å². The molecule has 0 bridgehead atoms. The number of fused-ring (bicyclic) bond motifs is 1. The summed E-state index contributed by atoms with van der Waals surface area (Å²) in [4.78, 5) is 0. The fourth-order valence-corrected chi connectivity index (χ4v) is 5.12. The van der Waals surface area contributed by atoms with Crippen molar-refractivity contribution in [2.45, 2.75) is 75.3 Å². The van der Waals surface area contributed by atoms with Crippen molar-refractivity contribution >= 4 is 26.7 Å². The van der Waals surface area contributed by atoms with Crippen LogP contribution in [-0.2, 0) is 14.2 Å². The second kappa shape index (κ2) is 12.2. The zero-order chi connectivity index (χ0) is 26.9. The van der Waals surface area contributed by atoms with Crippen LogP contribution in [0.2, 0.25) is 0 Å². The topological polar surface area (TPSA) is 170 Å². The van der Waals surface area contributed by atoms with E-state index in [-0.39, 0.29) is 0 Å². The summed E-state index contributed by atoms with van der Waals surface area (Å²) in [6.07, 6.45) is -10.9. The Morgan fingerprint density at radius 1 is 0.919 bits per heavy atom. The Labute approximate surface area is 222 Å². The highest BCUT2D eigenvalue weighted by atomic mass is 79.9. The van der Waals surface area contributed by atoms with E-state index in [1.165, 1.54) is 6.92 Å². The largest absolute Gasteiger partial charge is 0.463 e. The molecule has 0 aromatic heterocycles. The molecular weight excluding hydrogens is 554 g/mol. The molecule has 0 radical (unpaired) electrons. The summed E-state index contributed by atoms with van der Waals surface area (Å²) in [5.41, 5.74) is 0. The van der Waals surface area contributed by atoms with Crippen molar-refractivity contribution in [1.29, 1.82) is 0 Å². The molecule has 0 aliphatic carbocycles. The summed E-state index contributed by atoms with van der Waals surface area (Å²) in [6, 6.07) is 10.2. The third-order valence-corrected chi connectivity index (χ3v) is 7.34. The van der Waals surface area contributed by atoms with Gasteiger partial charge in [-0.1, -0.05) is 35.0 Å². The summed E-state index contributed by atoms with van der Waals surface area (Å²) < 4.78 is 24.4. The monoisotopic (exact) mass is 587 g/mol. The minimum atomic E-state index is -1.47. The lowest BCUT2D eigenvalue weighted by molar-refractivity contribution is -0.338. The second-order valence-corrected chi connectivity index (χ2v) is 10.4. The summed E-state index contributed by atoms with van der Waals surface area (Å²) in [7, 11) is 0. The van der Waals surface area contributed by atoms with E-state index in [2.05, 4.69) is 21.2 Å². The van der Waals surface area contributed by atoms with Crippen LogP contribution in [0.5, 0.6) is 5.75 Å². The molecule has 206 valence electrons. The van der Waals surface area contributed by atoms with E-state index in [1.807, 2.05) is 24.3 Å². The number of halogens is 1. The van der Waals surface area contributed by atoms with Crippen molar-refractivity contribution in [3.8, 4) is 5.75 Å². The molecule has 11 nitrogen and oxygen atoms in total. The molecule has 2 heterocycles. The van der Waals surface area contributed by atoms with E-state index >= 15 is 0 Å². The first-order valence-corrected chi connectivity index (χ1v) is 12.9. The summed E-state index contributed by atoms with van der Waals surface area (Å²) >= 11 is 3.44. The maximum atomic E-state index is 11.3. The van der Waals surface area contributed by atoms with Gasteiger partial charge in [-0.15, -0.1) is 0 Å². The molecule has 11 unspecified atom stereocenters. The SMILES string of the molecule is CC(O)NC1C(Oc2ccc3cc(Br)ccc3c2)OC(CO)C(OC2OC(CO)C(C)C(O)C2O)C1O. The van der Waals surface area contributed by atoms with Crippen molar-refractivity contribution < 1.29 is 49.6 Å². The number of nitrogens with one attached hydrogen (secondary N) is 1. The molecular formula is C25H34BrNO10. The lowest BCUT2D eigenvalue weighted by Crippen LogP contribution is -2.68. The predicted molar refractivity (Wildman–Crippen MR) is 134 cm³/mol. The molecule has 11 atom stereocenters. The van der Waals surface area contributed by atoms with Gasteiger partial charge in [0.25, 0.3) is 0 Å². The first-order valence-electron chi connectivity index (χ1n) is 12.1. The van der Waals surface area contributed by atoms with E-state index in [0.717, 1.165) is 15.2 Å². The van der Waals surface area contributed by atoms with E-state index in [9.17, 15) is 30.6 Å². The van der Waals surface area contributed by atoms with Crippen molar-refractivity contribution in [2.75, 3.05) is 13.2 Å². The molecule has 2 aliphatic heterocycles. The average Bonchev–Trinajstić information content (AvgIpc) is 2.87. The third kappa shape index (κ3) is 6.26. The zero-order valence-corrected chi connectivity index (χ0v) is 22.0. The quantitative estimate of drug-likeness (QED) is 0.204. The molecule has 2 aromatic carbocycles. The highest BCUT2D eigenvalue weighted by Gasteiger charge is 2.51. The van der Waals surface area contributed by atoms with Crippen molar-refractivity contribution in [2.24, 2.45) is 5.92 Å². The van der Waals surface area contributed by atoms with Gasteiger partial charge in [0.1, 0.15) is 42.4 Å². The van der Waals surface area contributed by atoms with Crippen LogP contribution in [0.25, 0.3) is 10.8 Å². The predicted octanol–water partition coefficient (Wildman–Crippen LogP) is -0.184. The Hall–Kier alpha value is -1.42. The Morgan fingerprint density at radius 2 is 1.57 bits per heavy atom. The normalized spacial score (nSPS) is 37.4. The number of hydrogen-bond donors (Lipinski definition) is 7. The van der Waals surface area contributed by atoms with Gasteiger partial charge in [-0.25, -0.2) is 0 Å². The lowest BCUT2D eigenvalue weighted by atomic mass is 9.90. The van der Waals surface area contributed by atoms with E-state index < -0.39 is 80.6 Å². The maximum absolute atomic E-state index is 11.3. The smallest absolute Gasteiger partial charge is 0.218 e. The second-order valence-electron chi connectivity index (χ2n) is 9.52. The molecule has 2 fully saturated rings. The average molecular weight is 588 g/mol. The first kappa shape index (κ1) is 28.6. The molecule has 12 heteroatoms. The van der Waals surface area contributed by atoms with Gasteiger partial charge >= 0.3 is 0 Å². The third-order valence-electron chi connectivity index (χ3n) is 6.85. The lowest BCUT2D eigenvalue weighted by Gasteiger charge is -2.47. The minimum Gasteiger partial charge on any atom is -0.463 e. The molecule has 0 amide bonds. The van der Waals surface area contributed by atoms with E-state index in [1.54, 1.807) is 19.1 Å². The Kier molecular flexibility index (Phi) is 9.41. The fraction of sp³-hybridized carbons (Fsp3) is 0.600. The van der Waals surface area contributed by atoms with E-state index in [0.29, 0.717) is 5.75 Å². The van der Waals surface area contributed by atoms with Crippen molar-refractivity contribution in [1.82, 2.24) is 5.32 Å². The molecule has 2 saturated heterocycles. The zero-order valence-electron chi connectivity index (χ0n) is 20.4. The standard InChI is InChI=1S/C25H34BrNO10/c1-11-17(9-28)35-25(22(33)20(11)31)37-23-18(10-29)36-24(19(21(23)32)27-12(2)30)34-16-6-4-13-7-15(26)5-3-14(13)8-16/h3-8,11-12,17-25,27-33H,9-10H2,1-2H3. The number of aliphatic hydroxyl groups is 6. The van der Waals surface area contributed by atoms with Crippen molar-refractivity contribution in [3.63, 3.8) is 0 Å². The summed E-state index contributed by atoms with van der Waals surface area (Å²) in [5, 5.41) is 66.5. The van der Waals surface area contributed by atoms with Gasteiger partial charge in [0.15, 0.2) is 6.29 Å². The van der Waals surface area contributed by atoms with Gasteiger partial charge in [0.05, 0.1) is 25.4 Å². The van der Waals surface area contributed by atoms with Gasteiger partial charge in [-0.3, -0.25) is 5.32 Å². The Balaban J connectivity index is 1.55. The molecule has 7 N–H and O–H groups in total. The number of aliphatic hydroxyl groups excluding tert-OH is 6. The van der Waals surface area contributed by atoms with Crippen LogP contribution >= 0.6 is 15.9 Å². The number of ether oxygens (including phenoxy) is 4. The summed E-state index contributed by atoms with van der Waals surface area (Å²) in [6.45, 7) is 2.10. The molecule has 0 saturated carbocycles. The molecule has 2 aromatic rings. The van der Waals surface area contributed by atoms with Gasteiger partial charge in [0, 0.05) is 10.4 Å². The van der Waals surface area contributed by atoms with Crippen LogP contribution in [0.1, 0.15) is 13.8 Å². The van der Waals surface area contributed by atoms with Crippen LogP contribution in [-0.4, -0.2) is 105 Å². The van der Waals surface area contributed by atoms with Gasteiger partial charge in [0.2, 0.25) is 6.29 Å². The summed E-state index contributed by atoms with van der Waals surface area (Å²) in [5.74, 6) is -0.124. The van der Waals surface area contributed by atoms with Crippen molar-refractivity contribution in [3.05, 3.63) is 40.9 Å². The van der Waals surface area contributed by atoms with Gasteiger partial charge < -0.3 is 49.6 Å². The number of benzene rings is 2. The van der Waals surface area contributed by atoms with Crippen LogP contribution in [0.4, 0.5) is 0 Å². The van der Waals surface area contributed by atoms with Crippen LogP contribution in [0, 0.1) is 5.92 Å². The Bertz CT molecular complexity index is 1040. The van der Waals surface area contributed by atoms with Gasteiger partial charge in [-0.05, 0) is 42.0 Å². The van der Waals surface area contributed by atoms with E-state index in [4.69, 9.17) is 18.9 Å². The molecule has 4 rings (SSSR count). The highest BCUT2D eigenvalue weighted by molar-refractivity contribution is 9.10. The van der Waals surface area contributed by atoms with Gasteiger partial charge in [-0.2, -0.15) is 0 Å². The van der Waals surface area contributed by atoms with Crippen LogP contribution < -0.4 is 10.1 Å². The van der Waals surface area contributed by atoms with Crippen LogP contribution in [0.15, 0.2) is 40.9 Å². The molecule has 37 heavy (non-hydrogen) atoms. The molecule has 2 aliphatic rings. The fourth-order valence-electron chi connectivity index (χ4n) is 4.74.